The van der Waals surface area contributed by atoms with Crippen LogP contribution < -0.4 is 5.32 Å². The fourth-order valence-corrected chi connectivity index (χ4v) is 1.90. The Morgan fingerprint density at radius 3 is 2.50 bits per heavy atom. The van der Waals surface area contributed by atoms with E-state index in [1.807, 2.05) is 20.8 Å². The summed E-state index contributed by atoms with van der Waals surface area (Å²) in [5, 5.41) is 11.5. The first-order chi connectivity index (χ1) is 9.31. The smallest absolute Gasteiger partial charge is 0.336 e. The van der Waals surface area contributed by atoms with Gasteiger partial charge >= 0.3 is 5.97 Å². The number of amides is 1. The lowest BCUT2D eigenvalue weighted by Gasteiger charge is -2.20. The Balaban J connectivity index is 2.41. The molecular formula is C14H23NO5. The summed E-state index contributed by atoms with van der Waals surface area (Å²) >= 11 is 0. The zero-order valence-corrected chi connectivity index (χ0v) is 12.2. The van der Waals surface area contributed by atoms with Crippen LogP contribution in [-0.2, 0) is 19.1 Å². The van der Waals surface area contributed by atoms with Gasteiger partial charge in [-0.1, -0.05) is 26.0 Å². The molecule has 114 valence electrons. The van der Waals surface area contributed by atoms with Gasteiger partial charge in [0.2, 0.25) is 0 Å². The van der Waals surface area contributed by atoms with E-state index in [4.69, 9.17) is 14.6 Å². The van der Waals surface area contributed by atoms with Gasteiger partial charge in [-0.25, -0.2) is 4.79 Å². The molecule has 0 bridgehead atoms. The Morgan fingerprint density at radius 1 is 1.40 bits per heavy atom. The van der Waals surface area contributed by atoms with E-state index >= 15 is 0 Å². The Hall–Kier alpha value is -1.40. The van der Waals surface area contributed by atoms with E-state index in [1.165, 1.54) is 0 Å². The summed E-state index contributed by atoms with van der Waals surface area (Å²) in [7, 11) is 0. The third-order valence-electron chi connectivity index (χ3n) is 2.76. The Kier molecular flexibility index (Phi) is 6.16. The average Bonchev–Trinajstić information content (AvgIpc) is 3.06. The highest BCUT2D eigenvalue weighted by atomic mass is 16.6. The molecule has 6 nitrogen and oxygen atoms in total. The normalized spacial score (nSPS) is 22.4. The summed E-state index contributed by atoms with van der Waals surface area (Å²) in [6.07, 6.45) is -1.12. The molecule has 20 heavy (non-hydrogen) atoms. The van der Waals surface area contributed by atoms with E-state index in [0.717, 1.165) is 12.0 Å². The second-order valence-electron chi connectivity index (χ2n) is 5.62. The minimum absolute atomic E-state index is 0.152. The van der Waals surface area contributed by atoms with Crippen LogP contribution in [0.5, 0.6) is 0 Å². The van der Waals surface area contributed by atoms with Crippen molar-refractivity contribution in [3.8, 4) is 0 Å². The highest BCUT2D eigenvalue weighted by Crippen LogP contribution is 2.22. The van der Waals surface area contributed by atoms with E-state index < -0.39 is 18.2 Å². The van der Waals surface area contributed by atoms with Crippen molar-refractivity contribution in [3.63, 3.8) is 0 Å². The number of hydrogen-bond acceptors (Lipinski definition) is 4. The molecule has 0 saturated carbocycles. The van der Waals surface area contributed by atoms with Crippen LogP contribution in [0.2, 0.25) is 0 Å². The quantitative estimate of drug-likeness (QED) is 0.486. The van der Waals surface area contributed by atoms with Crippen molar-refractivity contribution >= 4 is 11.9 Å². The average molecular weight is 285 g/mol. The lowest BCUT2D eigenvalue weighted by atomic mass is 10.0. The van der Waals surface area contributed by atoms with Crippen LogP contribution in [0.4, 0.5) is 0 Å². The summed E-state index contributed by atoms with van der Waals surface area (Å²) < 4.78 is 10.3. The van der Waals surface area contributed by atoms with Gasteiger partial charge in [-0.2, -0.15) is 0 Å². The molecular weight excluding hydrogens is 262 g/mol. The molecule has 0 radical (unpaired) electrons. The molecule has 2 N–H and O–H groups in total. The first kappa shape index (κ1) is 16.7. The molecule has 1 heterocycles. The summed E-state index contributed by atoms with van der Waals surface area (Å²) in [5.74, 6) is -1.10. The SMILES string of the molecule is C=C(C)COC[C@H](CC(C)C)NC(=O)[C@H]1O[C@@H]1C(=O)O. The Morgan fingerprint density at radius 2 is 2.05 bits per heavy atom. The second-order valence-corrected chi connectivity index (χ2v) is 5.62. The van der Waals surface area contributed by atoms with Crippen LogP contribution in [0.3, 0.4) is 0 Å². The zero-order chi connectivity index (χ0) is 15.3. The van der Waals surface area contributed by atoms with Crippen LogP contribution >= 0.6 is 0 Å². The molecule has 1 fully saturated rings. The van der Waals surface area contributed by atoms with Crippen LogP contribution in [0.15, 0.2) is 12.2 Å². The predicted molar refractivity (Wildman–Crippen MR) is 73.3 cm³/mol. The number of carboxylic acids is 1. The van der Waals surface area contributed by atoms with E-state index in [0.29, 0.717) is 19.1 Å². The number of aliphatic carboxylic acids is 1. The zero-order valence-electron chi connectivity index (χ0n) is 12.2. The molecule has 1 aliphatic heterocycles. The van der Waals surface area contributed by atoms with Crippen LogP contribution in [0, 0.1) is 5.92 Å². The number of carbonyl (C=O) groups excluding carboxylic acids is 1. The van der Waals surface area contributed by atoms with Gasteiger partial charge in [0.05, 0.1) is 19.3 Å². The van der Waals surface area contributed by atoms with Gasteiger partial charge in [0.25, 0.3) is 5.91 Å². The van der Waals surface area contributed by atoms with Gasteiger partial charge in [0.1, 0.15) is 0 Å². The fraction of sp³-hybridized carbons (Fsp3) is 0.714. The molecule has 1 saturated heterocycles. The first-order valence-electron chi connectivity index (χ1n) is 6.72. The number of nitrogens with one attached hydrogen (secondary N) is 1. The topological polar surface area (TPSA) is 88.2 Å². The highest BCUT2D eigenvalue weighted by Gasteiger charge is 2.51. The molecule has 0 unspecified atom stereocenters. The van der Waals surface area contributed by atoms with E-state index in [1.54, 1.807) is 0 Å². The lowest BCUT2D eigenvalue weighted by Crippen LogP contribution is -2.42. The molecule has 1 aliphatic rings. The van der Waals surface area contributed by atoms with Crippen molar-refractivity contribution in [1.29, 1.82) is 0 Å². The van der Waals surface area contributed by atoms with Crippen molar-refractivity contribution < 1.29 is 24.2 Å². The van der Waals surface area contributed by atoms with Gasteiger partial charge < -0.3 is 19.9 Å². The van der Waals surface area contributed by atoms with Crippen molar-refractivity contribution in [2.75, 3.05) is 13.2 Å². The molecule has 6 heteroatoms. The van der Waals surface area contributed by atoms with Gasteiger partial charge in [0.15, 0.2) is 12.2 Å². The molecule has 3 atom stereocenters. The van der Waals surface area contributed by atoms with Crippen LogP contribution in [-0.4, -0.2) is 48.4 Å². The van der Waals surface area contributed by atoms with Crippen LogP contribution in [0.25, 0.3) is 0 Å². The van der Waals surface area contributed by atoms with Gasteiger partial charge in [0, 0.05) is 0 Å². The summed E-state index contributed by atoms with van der Waals surface area (Å²) in [4.78, 5) is 22.5. The molecule has 0 aromatic carbocycles. The summed E-state index contributed by atoms with van der Waals surface area (Å²) in [6.45, 7) is 10.5. The Labute approximate surface area is 119 Å². The number of carboxylic acid groups (broad SMARTS) is 1. The highest BCUT2D eigenvalue weighted by molar-refractivity contribution is 5.92. The van der Waals surface area contributed by atoms with Gasteiger partial charge in [-0.15, -0.1) is 0 Å². The lowest BCUT2D eigenvalue weighted by molar-refractivity contribution is -0.138. The number of epoxide rings is 1. The maximum Gasteiger partial charge on any atom is 0.336 e. The standard InChI is InChI=1S/C14H23NO5/c1-8(2)5-10(7-19-6-9(3)4)15-13(16)11-12(20-11)14(17)18/h8,10-12H,3,5-7H2,1-2,4H3,(H,15,16)(H,17,18)/t10-,11-,12-/m0/s1. The molecule has 0 aliphatic carbocycles. The summed E-state index contributed by atoms with van der Waals surface area (Å²) in [6, 6.07) is -0.152. The minimum atomic E-state index is -1.11. The van der Waals surface area contributed by atoms with E-state index in [2.05, 4.69) is 11.9 Å². The first-order valence-corrected chi connectivity index (χ1v) is 6.72. The number of hydrogen-bond donors (Lipinski definition) is 2. The molecule has 1 rings (SSSR count). The Bertz CT molecular complexity index is 380. The van der Waals surface area contributed by atoms with Crippen molar-refractivity contribution in [3.05, 3.63) is 12.2 Å². The molecule has 0 aromatic heterocycles. The maximum absolute atomic E-state index is 11.8. The monoisotopic (exact) mass is 285 g/mol. The third-order valence-corrected chi connectivity index (χ3v) is 2.76. The van der Waals surface area contributed by atoms with Crippen LogP contribution in [0.1, 0.15) is 27.2 Å². The molecule has 1 amide bonds. The summed E-state index contributed by atoms with van der Waals surface area (Å²) in [5.41, 5.74) is 0.913. The second kappa shape index (κ2) is 7.40. The number of rotatable bonds is 9. The van der Waals surface area contributed by atoms with Crippen molar-refractivity contribution in [2.45, 2.75) is 45.4 Å². The number of carbonyl (C=O) groups is 2. The molecule has 0 aromatic rings. The largest absolute Gasteiger partial charge is 0.479 e. The van der Waals surface area contributed by atoms with Crippen molar-refractivity contribution in [2.24, 2.45) is 5.92 Å². The minimum Gasteiger partial charge on any atom is -0.479 e. The van der Waals surface area contributed by atoms with E-state index in [9.17, 15) is 9.59 Å². The maximum atomic E-state index is 11.8. The van der Waals surface area contributed by atoms with Gasteiger partial charge in [-0.3, -0.25) is 4.79 Å². The molecule has 0 spiro atoms. The van der Waals surface area contributed by atoms with E-state index in [-0.39, 0.29) is 11.9 Å². The van der Waals surface area contributed by atoms with Gasteiger partial charge in [-0.05, 0) is 19.3 Å². The fourth-order valence-electron chi connectivity index (χ4n) is 1.90. The predicted octanol–water partition coefficient (Wildman–Crippen LogP) is 0.962. The third kappa shape index (κ3) is 5.71. The van der Waals surface area contributed by atoms with Crippen molar-refractivity contribution in [1.82, 2.24) is 5.32 Å². The number of ether oxygens (including phenoxy) is 2.